The van der Waals surface area contributed by atoms with Gasteiger partial charge in [0.15, 0.2) is 0 Å². The Balaban J connectivity index is 2.32. The van der Waals surface area contributed by atoms with Crippen molar-refractivity contribution in [3.05, 3.63) is 30.0 Å². The van der Waals surface area contributed by atoms with Crippen molar-refractivity contribution in [1.82, 2.24) is 15.1 Å². The fraction of sp³-hybridized carbons (Fsp3) is 0.462. The van der Waals surface area contributed by atoms with Crippen LogP contribution >= 0.6 is 0 Å². The average molecular weight is 233 g/mol. The van der Waals surface area contributed by atoms with Gasteiger partial charge in [-0.1, -0.05) is 6.92 Å². The van der Waals surface area contributed by atoms with Crippen LogP contribution < -0.4 is 5.32 Å². The number of furan rings is 1. The summed E-state index contributed by atoms with van der Waals surface area (Å²) < 4.78 is 7.47. The second kappa shape index (κ2) is 5.19. The number of aryl methyl sites for hydroxylation is 2. The van der Waals surface area contributed by atoms with E-state index >= 15 is 0 Å². The fourth-order valence-corrected chi connectivity index (χ4v) is 1.90. The first-order valence-corrected chi connectivity index (χ1v) is 6.07. The molecule has 92 valence electrons. The summed E-state index contributed by atoms with van der Waals surface area (Å²) in [5.41, 5.74) is 3.35. The Morgan fingerprint density at radius 1 is 1.35 bits per heavy atom. The summed E-state index contributed by atoms with van der Waals surface area (Å²) in [5, 5.41) is 7.74. The van der Waals surface area contributed by atoms with Crippen LogP contribution in [0.15, 0.2) is 22.9 Å². The van der Waals surface area contributed by atoms with Gasteiger partial charge >= 0.3 is 0 Å². The second-order valence-corrected chi connectivity index (χ2v) is 4.02. The molecule has 2 rings (SSSR count). The molecule has 0 saturated carbocycles. The Bertz CT molecular complexity index is 485. The average Bonchev–Trinajstić information content (AvgIpc) is 2.92. The van der Waals surface area contributed by atoms with Crippen LogP contribution in [0.3, 0.4) is 0 Å². The molecule has 17 heavy (non-hydrogen) atoms. The first-order valence-electron chi connectivity index (χ1n) is 6.07. The van der Waals surface area contributed by atoms with Gasteiger partial charge in [0.1, 0.15) is 5.76 Å². The monoisotopic (exact) mass is 233 g/mol. The van der Waals surface area contributed by atoms with E-state index < -0.39 is 0 Å². The second-order valence-electron chi connectivity index (χ2n) is 4.02. The summed E-state index contributed by atoms with van der Waals surface area (Å²) in [6.45, 7) is 8.80. The third-order valence-electron chi connectivity index (χ3n) is 2.84. The van der Waals surface area contributed by atoms with E-state index in [1.165, 1.54) is 0 Å². The molecule has 0 saturated heterocycles. The molecule has 0 spiro atoms. The fourth-order valence-electron chi connectivity index (χ4n) is 1.90. The molecule has 2 aromatic rings. The minimum Gasteiger partial charge on any atom is -0.467 e. The van der Waals surface area contributed by atoms with Crippen molar-refractivity contribution in [2.75, 3.05) is 6.54 Å². The Hall–Kier alpha value is -1.55. The van der Waals surface area contributed by atoms with Gasteiger partial charge in [0, 0.05) is 23.9 Å². The largest absolute Gasteiger partial charge is 0.467 e. The van der Waals surface area contributed by atoms with Crippen molar-refractivity contribution in [2.45, 2.75) is 33.9 Å². The lowest BCUT2D eigenvalue weighted by Gasteiger charge is -2.01. The molecule has 0 amide bonds. The Kier molecular flexibility index (Phi) is 3.64. The number of rotatable bonds is 5. The lowest BCUT2D eigenvalue weighted by molar-refractivity contribution is 0.489. The zero-order valence-corrected chi connectivity index (χ0v) is 10.7. The first-order chi connectivity index (χ1) is 8.26. The van der Waals surface area contributed by atoms with E-state index in [9.17, 15) is 0 Å². The molecule has 0 unspecified atom stereocenters. The van der Waals surface area contributed by atoms with Gasteiger partial charge in [0.05, 0.1) is 18.5 Å². The van der Waals surface area contributed by atoms with Gasteiger partial charge < -0.3 is 9.73 Å². The predicted octanol–water partition coefficient (Wildman–Crippen LogP) is 2.58. The van der Waals surface area contributed by atoms with E-state index in [1.807, 2.05) is 17.7 Å². The third kappa shape index (κ3) is 2.42. The normalized spacial score (nSPS) is 11.0. The van der Waals surface area contributed by atoms with E-state index in [0.29, 0.717) is 0 Å². The summed E-state index contributed by atoms with van der Waals surface area (Å²) in [5.74, 6) is 0.977. The van der Waals surface area contributed by atoms with Crippen LogP contribution in [-0.4, -0.2) is 16.3 Å². The van der Waals surface area contributed by atoms with Gasteiger partial charge in [0.25, 0.3) is 0 Å². The van der Waals surface area contributed by atoms with Gasteiger partial charge in [-0.3, -0.25) is 4.68 Å². The van der Waals surface area contributed by atoms with E-state index in [-0.39, 0.29) is 0 Å². The Labute approximate surface area is 102 Å². The topological polar surface area (TPSA) is 43.0 Å². The van der Waals surface area contributed by atoms with Crippen LogP contribution in [0.25, 0.3) is 11.1 Å². The minimum atomic E-state index is 0.760. The van der Waals surface area contributed by atoms with Crippen LogP contribution in [0.2, 0.25) is 0 Å². The van der Waals surface area contributed by atoms with Gasteiger partial charge in [0.2, 0.25) is 0 Å². The summed E-state index contributed by atoms with van der Waals surface area (Å²) in [4.78, 5) is 0. The van der Waals surface area contributed by atoms with Crippen molar-refractivity contribution in [1.29, 1.82) is 0 Å². The highest BCUT2D eigenvalue weighted by Gasteiger charge is 2.13. The van der Waals surface area contributed by atoms with E-state index in [0.717, 1.165) is 42.2 Å². The molecule has 0 aliphatic rings. The number of aromatic nitrogens is 2. The highest BCUT2D eigenvalue weighted by Crippen LogP contribution is 2.27. The molecule has 2 heterocycles. The van der Waals surface area contributed by atoms with Crippen molar-refractivity contribution < 1.29 is 4.42 Å². The molecular weight excluding hydrogens is 214 g/mol. The minimum absolute atomic E-state index is 0.760. The van der Waals surface area contributed by atoms with Gasteiger partial charge in [-0.25, -0.2) is 0 Å². The van der Waals surface area contributed by atoms with Gasteiger partial charge in [-0.05, 0) is 26.5 Å². The zero-order chi connectivity index (χ0) is 12.3. The van der Waals surface area contributed by atoms with Crippen molar-refractivity contribution in [3.63, 3.8) is 0 Å². The molecule has 0 radical (unpaired) electrons. The summed E-state index contributed by atoms with van der Waals surface area (Å²) in [7, 11) is 0. The maximum absolute atomic E-state index is 5.52. The molecule has 0 bridgehead atoms. The van der Waals surface area contributed by atoms with Crippen molar-refractivity contribution >= 4 is 0 Å². The van der Waals surface area contributed by atoms with Gasteiger partial charge in [-0.2, -0.15) is 5.10 Å². The smallest absolute Gasteiger partial charge is 0.125 e. The first kappa shape index (κ1) is 11.9. The van der Waals surface area contributed by atoms with Gasteiger partial charge in [-0.15, -0.1) is 0 Å². The Morgan fingerprint density at radius 3 is 2.82 bits per heavy atom. The number of hydrogen-bond acceptors (Lipinski definition) is 3. The maximum atomic E-state index is 5.52. The quantitative estimate of drug-likeness (QED) is 0.863. The van der Waals surface area contributed by atoms with Crippen molar-refractivity contribution in [3.8, 4) is 11.1 Å². The molecule has 2 aromatic heterocycles. The molecule has 0 atom stereocenters. The molecule has 0 fully saturated rings. The molecule has 4 nitrogen and oxygen atoms in total. The molecule has 0 aliphatic carbocycles. The predicted molar refractivity (Wildman–Crippen MR) is 67.7 cm³/mol. The molecule has 0 aliphatic heterocycles. The molecule has 4 heteroatoms. The lowest BCUT2D eigenvalue weighted by atomic mass is 10.1. The Morgan fingerprint density at radius 2 is 2.18 bits per heavy atom. The van der Waals surface area contributed by atoms with Crippen LogP contribution in [0.1, 0.15) is 25.3 Å². The van der Waals surface area contributed by atoms with E-state index in [4.69, 9.17) is 4.42 Å². The van der Waals surface area contributed by atoms with Crippen LogP contribution in [0, 0.1) is 6.92 Å². The third-order valence-corrected chi connectivity index (χ3v) is 2.84. The number of hydrogen-bond donors (Lipinski definition) is 1. The van der Waals surface area contributed by atoms with E-state index in [1.54, 1.807) is 6.26 Å². The lowest BCUT2D eigenvalue weighted by Crippen LogP contribution is -2.11. The summed E-state index contributed by atoms with van der Waals surface area (Å²) in [6.07, 6.45) is 3.82. The van der Waals surface area contributed by atoms with E-state index in [2.05, 4.69) is 30.5 Å². The number of nitrogens with one attached hydrogen (secondary N) is 1. The molecule has 1 N–H and O–H groups in total. The maximum Gasteiger partial charge on any atom is 0.125 e. The highest BCUT2D eigenvalue weighted by molar-refractivity contribution is 5.66. The van der Waals surface area contributed by atoms with Crippen LogP contribution in [-0.2, 0) is 13.1 Å². The van der Waals surface area contributed by atoms with Crippen LogP contribution in [0.4, 0.5) is 0 Å². The molecule has 0 aromatic carbocycles. The highest BCUT2D eigenvalue weighted by atomic mass is 16.3. The van der Waals surface area contributed by atoms with Crippen LogP contribution in [0.5, 0.6) is 0 Å². The summed E-state index contributed by atoms with van der Waals surface area (Å²) >= 11 is 0. The van der Waals surface area contributed by atoms with Crippen molar-refractivity contribution in [2.24, 2.45) is 0 Å². The zero-order valence-electron chi connectivity index (χ0n) is 10.7. The summed E-state index contributed by atoms with van der Waals surface area (Å²) in [6, 6.07) is 2.01. The SMILES string of the molecule is CCNCc1occc1-c1cn(CC)nc1C. The number of nitrogens with zero attached hydrogens (tertiary/aromatic N) is 2. The molecular formula is C13H19N3O. The standard InChI is InChI=1S/C13H19N3O/c1-4-14-8-13-11(6-7-17-13)12-9-16(5-2)15-10(12)3/h6-7,9,14H,4-5,8H2,1-3H3.